The van der Waals surface area contributed by atoms with E-state index in [1.54, 1.807) is 6.07 Å². The molecule has 1 saturated carbocycles. The molecule has 128 valence electrons. The average Bonchev–Trinajstić information content (AvgIpc) is 2.89. The maximum atomic E-state index is 10.8. The highest BCUT2D eigenvalue weighted by molar-refractivity contribution is 7.80. The van der Waals surface area contributed by atoms with Crippen molar-refractivity contribution < 1.29 is 8.76 Å². The lowest BCUT2D eigenvalue weighted by molar-refractivity contribution is 0.271. The molecule has 4 nitrogen and oxygen atoms in total. The van der Waals surface area contributed by atoms with Gasteiger partial charge in [0, 0.05) is 35.5 Å². The highest BCUT2D eigenvalue weighted by Gasteiger charge is 2.65. The largest absolute Gasteiger partial charge is 0.755 e. The van der Waals surface area contributed by atoms with Crippen LogP contribution >= 0.6 is 0 Å². The first-order chi connectivity index (χ1) is 11.1. The number of unbranched alkanes of at least 4 members (excludes halogenated alkanes) is 3. The molecule has 1 aromatic carbocycles. The summed E-state index contributed by atoms with van der Waals surface area (Å²) < 4.78 is 24.1. The minimum absolute atomic E-state index is 0.224. The average molecular weight is 335 g/mol. The zero-order valence-corrected chi connectivity index (χ0v) is 14.9. The molecule has 1 aliphatic heterocycles. The van der Waals surface area contributed by atoms with E-state index in [2.05, 4.69) is 29.5 Å². The predicted octanol–water partition coefficient (Wildman–Crippen LogP) is 3.29. The summed E-state index contributed by atoms with van der Waals surface area (Å²) in [7, 11) is 0. The van der Waals surface area contributed by atoms with Crippen molar-refractivity contribution in [2.45, 2.75) is 44.9 Å². The lowest BCUT2D eigenvalue weighted by Crippen LogP contribution is -2.29. The van der Waals surface area contributed by atoms with Gasteiger partial charge in [-0.3, -0.25) is 4.21 Å². The van der Waals surface area contributed by atoms with E-state index in [1.807, 2.05) is 12.1 Å². The summed E-state index contributed by atoms with van der Waals surface area (Å²) >= 11 is -2.26. The van der Waals surface area contributed by atoms with E-state index in [-0.39, 0.29) is 5.41 Å². The molecule has 3 unspecified atom stereocenters. The van der Waals surface area contributed by atoms with Crippen LogP contribution < -0.4 is 4.72 Å². The number of fused-ring (bicyclic) bond motifs is 1. The Hall–Kier alpha value is -0.910. The van der Waals surface area contributed by atoms with Gasteiger partial charge in [0.2, 0.25) is 0 Å². The molecule has 1 aliphatic carbocycles. The summed E-state index contributed by atoms with van der Waals surface area (Å²) in [5.74, 6) is 1.45. The molecule has 23 heavy (non-hydrogen) atoms. The predicted molar refractivity (Wildman–Crippen MR) is 93.9 cm³/mol. The molecular weight excluding hydrogens is 308 g/mol. The Kier molecular flexibility index (Phi) is 5.09. The first-order valence-electron chi connectivity index (χ1n) is 8.74. The van der Waals surface area contributed by atoms with Crippen molar-refractivity contribution in [1.82, 2.24) is 4.90 Å². The first-order valence-corrected chi connectivity index (χ1v) is 9.82. The second-order valence-electron chi connectivity index (χ2n) is 7.23. The molecule has 1 saturated heterocycles. The number of anilines is 1. The normalized spacial score (nSPS) is 30.9. The molecule has 0 aromatic heterocycles. The van der Waals surface area contributed by atoms with Crippen LogP contribution in [0.2, 0.25) is 0 Å². The maximum absolute atomic E-state index is 10.8. The van der Waals surface area contributed by atoms with Crippen molar-refractivity contribution >= 4 is 17.0 Å². The number of piperidine rings is 1. The van der Waals surface area contributed by atoms with E-state index in [9.17, 15) is 8.76 Å². The van der Waals surface area contributed by atoms with Crippen molar-refractivity contribution in [2.24, 2.45) is 11.8 Å². The molecule has 2 aliphatic rings. The first kappa shape index (κ1) is 16.9. The Morgan fingerprint density at radius 3 is 2.70 bits per heavy atom. The van der Waals surface area contributed by atoms with Crippen LogP contribution in [0.15, 0.2) is 24.3 Å². The van der Waals surface area contributed by atoms with Gasteiger partial charge < -0.3 is 14.2 Å². The number of hydrogen-bond donors (Lipinski definition) is 1. The molecule has 1 heterocycles. The monoisotopic (exact) mass is 335 g/mol. The molecule has 3 rings (SSSR count). The van der Waals surface area contributed by atoms with Crippen LogP contribution in [-0.4, -0.2) is 33.3 Å². The number of nitrogens with one attached hydrogen (secondary N) is 1. The SMILES string of the molecule is CCCCCCN1CC2C(C1)C2(C)c1cccc(NS(=O)[O-])c1. The van der Waals surface area contributed by atoms with E-state index in [4.69, 9.17) is 0 Å². The molecule has 2 fully saturated rings. The third kappa shape index (κ3) is 3.47. The van der Waals surface area contributed by atoms with Gasteiger partial charge in [0.1, 0.15) is 0 Å². The molecule has 0 spiro atoms. The fraction of sp³-hybridized carbons (Fsp3) is 0.667. The Bertz CT molecular complexity index is 566. The fourth-order valence-electron chi connectivity index (χ4n) is 4.35. The van der Waals surface area contributed by atoms with Gasteiger partial charge in [0.15, 0.2) is 0 Å². The van der Waals surface area contributed by atoms with Crippen LogP contribution in [0.25, 0.3) is 0 Å². The van der Waals surface area contributed by atoms with Gasteiger partial charge >= 0.3 is 0 Å². The van der Waals surface area contributed by atoms with Crippen LogP contribution in [-0.2, 0) is 16.7 Å². The smallest absolute Gasteiger partial charge is 0.0455 e. The van der Waals surface area contributed by atoms with E-state index >= 15 is 0 Å². The summed E-state index contributed by atoms with van der Waals surface area (Å²) in [5, 5.41) is 0. The minimum Gasteiger partial charge on any atom is -0.755 e. The van der Waals surface area contributed by atoms with E-state index in [0.29, 0.717) is 5.69 Å². The summed E-state index contributed by atoms with van der Waals surface area (Å²) in [5.41, 5.74) is 2.16. The molecule has 0 amide bonds. The van der Waals surface area contributed by atoms with Crippen LogP contribution in [0.5, 0.6) is 0 Å². The maximum Gasteiger partial charge on any atom is 0.0455 e. The standard InChI is InChI=1S/C18H28N2O2S/c1-3-4-5-6-10-20-12-16-17(13-20)18(16,2)14-8-7-9-15(11-14)19-23(21)22/h7-9,11,16-17,19H,3-6,10,12-13H2,1-2H3,(H,21,22)/p-1. The Labute approximate surface area is 142 Å². The van der Waals surface area contributed by atoms with Gasteiger partial charge in [-0.15, -0.1) is 0 Å². The van der Waals surface area contributed by atoms with Gasteiger partial charge in [-0.25, -0.2) is 0 Å². The number of benzene rings is 1. The van der Waals surface area contributed by atoms with Gasteiger partial charge in [0.25, 0.3) is 0 Å². The van der Waals surface area contributed by atoms with E-state index in [1.165, 1.54) is 50.9 Å². The lowest BCUT2D eigenvalue weighted by atomic mass is 9.92. The summed E-state index contributed by atoms with van der Waals surface area (Å²) in [6.07, 6.45) is 5.31. The van der Waals surface area contributed by atoms with Gasteiger partial charge in [-0.05, 0) is 42.5 Å². The Morgan fingerprint density at radius 1 is 1.30 bits per heavy atom. The Morgan fingerprint density at radius 2 is 2.04 bits per heavy atom. The highest BCUT2D eigenvalue weighted by atomic mass is 32.2. The van der Waals surface area contributed by atoms with Gasteiger partial charge in [0.05, 0.1) is 0 Å². The van der Waals surface area contributed by atoms with Crippen molar-refractivity contribution in [3.63, 3.8) is 0 Å². The van der Waals surface area contributed by atoms with Gasteiger partial charge in [-0.1, -0.05) is 45.2 Å². The third-order valence-electron chi connectivity index (χ3n) is 5.84. The third-order valence-corrected chi connectivity index (χ3v) is 6.24. The number of hydrogen-bond acceptors (Lipinski definition) is 3. The zero-order chi connectivity index (χ0) is 16.4. The van der Waals surface area contributed by atoms with Crippen molar-refractivity contribution in [3.05, 3.63) is 29.8 Å². The minimum atomic E-state index is -2.26. The fourth-order valence-corrected chi connectivity index (χ4v) is 4.67. The van der Waals surface area contributed by atoms with Crippen molar-refractivity contribution in [1.29, 1.82) is 0 Å². The molecular formula is C18H27N2O2S-. The second-order valence-corrected chi connectivity index (χ2v) is 7.91. The number of nitrogens with zero attached hydrogens (tertiary/aromatic N) is 1. The molecule has 0 radical (unpaired) electrons. The molecule has 1 aromatic rings. The van der Waals surface area contributed by atoms with Gasteiger partial charge in [-0.2, -0.15) is 0 Å². The zero-order valence-electron chi connectivity index (χ0n) is 14.1. The van der Waals surface area contributed by atoms with E-state index in [0.717, 1.165) is 11.8 Å². The lowest BCUT2D eigenvalue weighted by Gasteiger charge is -2.25. The number of rotatable bonds is 8. The highest BCUT2D eigenvalue weighted by Crippen LogP contribution is 2.63. The summed E-state index contributed by atoms with van der Waals surface area (Å²) in [6.45, 7) is 8.21. The topological polar surface area (TPSA) is 55.4 Å². The summed E-state index contributed by atoms with van der Waals surface area (Å²) in [6, 6.07) is 7.90. The Balaban J connectivity index is 1.57. The van der Waals surface area contributed by atoms with Crippen LogP contribution in [0.1, 0.15) is 45.1 Å². The summed E-state index contributed by atoms with van der Waals surface area (Å²) in [4.78, 5) is 2.61. The van der Waals surface area contributed by atoms with Crippen LogP contribution in [0.4, 0.5) is 5.69 Å². The molecule has 0 bridgehead atoms. The van der Waals surface area contributed by atoms with Crippen molar-refractivity contribution in [3.8, 4) is 0 Å². The van der Waals surface area contributed by atoms with Crippen molar-refractivity contribution in [2.75, 3.05) is 24.4 Å². The van der Waals surface area contributed by atoms with Crippen LogP contribution in [0, 0.1) is 11.8 Å². The molecule has 5 heteroatoms. The second kappa shape index (κ2) is 6.91. The number of likely N-dealkylation sites (tertiary alicyclic amines) is 1. The quantitative estimate of drug-likeness (QED) is 0.586. The molecule has 1 N–H and O–H groups in total. The van der Waals surface area contributed by atoms with E-state index < -0.39 is 11.3 Å². The van der Waals surface area contributed by atoms with Crippen LogP contribution in [0.3, 0.4) is 0 Å². The molecule has 3 atom stereocenters.